The van der Waals surface area contributed by atoms with E-state index in [1.807, 2.05) is 19.9 Å². The highest BCUT2D eigenvalue weighted by atomic mass is 16.1. The molecule has 70 valence electrons. The number of rotatable bonds is 4. The average Bonchev–Trinajstić information content (AvgIpc) is 2.04. The Morgan fingerprint density at radius 1 is 1.46 bits per heavy atom. The van der Waals surface area contributed by atoms with Gasteiger partial charge in [0.2, 0.25) is 0 Å². The second kappa shape index (κ2) is 4.70. The smallest absolute Gasteiger partial charge is 0.137 e. The second-order valence-corrected chi connectivity index (χ2v) is 3.56. The zero-order chi connectivity index (χ0) is 9.68. The van der Waals surface area contributed by atoms with Crippen molar-refractivity contribution in [3.8, 4) is 0 Å². The van der Waals surface area contributed by atoms with Crippen molar-refractivity contribution in [2.24, 2.45) is 5.92 Å². The van der Waals surface area contributed by atoms with Gasteiger partial charge < -0.3 is 0 Å². The molecule has 0 aliphatic heterocycles. The van der Waals surface area contributed by atoms with Gasteiger partial charge in [0.25, 0.3) is 0 Å². The summed E-state index contributed by atoms with van der Waals surface area (Å²) in [4.78, 5) is 11.4. The van der Waals surface area contributed by atoms with E-state index in [1.165, 1.54) is 0 Å². The maximum atomic E-state index is 11.4. The van der Waals surface area contributed by atoms with E-state index in [-0.39, 0.29) is 5.78 Å². The standard InChI is InChI=1S/C10H14N2O/c1-8(2)5-10(13)6-9-3-4-11-12-7-9/h3-4,7-8H,5-6H2,1-2H3. The van der Waals surface area contributed by atoms with E-state index >= 15 is 0 Å². The van der Waals surface area contributed by atoms with Gasteiger partial charge in [-0.2, -0.15) is 10.2 Å². The molecule has 0 bridgehead atoms. The Labute approximate surface area is 78.2 Å². The third-order valence-electron chi connectivity index (χ3n) is 1.68. The number of hydrogen-bond acceptors (Lipinski definition) is 3. The first kappa shape index (κ1) is 9.84. The summed E-state index contributed by atoms with van der Waals surface area (Å²) in [6.45, 7) is 4.09. The molecule has 0 unspecified atom stereocenters. The Balaban J connectivity index is 2.46. The van der Waals surface area contributed by atoms with Crippen molar-refractivity contribution in [1.82, 2.24) is 10.2 Å². The Hall–Kier alpha value is -1.25. The van der Waals surface area contributed by atoms with Gasteiger partial charge >= 0.3 is 0 Å². The van der Waals surface area contributed by atoms with Crippen LogP contribution in [0.5, 0.6) is 0 Å². The summed E-state index contributed by atoms with van der Waals surface area (Å²) >= 11 is 0. The minimum atomic E-state index is 0.267. The van der Waals surface area contributed by atoms with Crippen LogP contribution < -0.4 is 0 Å². The van der Waals surface area contributed by atoms with Crippen LogP contribution in [0.4, 0.5) is 0 Å². The molecule has 0 spiro atoms. The van der Waals surface area contributed by atoms with Crippen molar-refractivity contribution in [2.45, 2.75) is 26.7 Å². The lowest BCUT2D eigenvalue weighted by Gasteiger charge is -2.02. The highest BCUT2D eigenvalue weighted by Gasteiger charge is 2.05. The number of hydrogen-bond donors (Lipinski definition) is 0. The van der Waals surface area contributed by atoms with Gasteiger partial charge in [0.05, 0.1) is 6.20 Å². The summed E-state index contributed by atoms with van der Waals surface area (Å²) in [5.41, 5.74) is 0.945. The van der Waals surface area contributed by atoms with Crippen LogP contribution in [0.1, 0.15) is 25.8 Å². The minimum Gasteiger partial charge on any atom is -0.299 e. The largest absolute Gasteiger partial charge is 0.299 e. The van der Waals surface area contributed by atoms with Gasteiger partial charge in [-0.1, -0.05) is 13.8 Å². The monoisotopic (exact) mass is 178 g/mol. The number of carbonyl (C=O) groups is 1. The van der Waals surface area contributed by atoms with Crippen molar-refractivity contribution >= 4 is 5.78 Å². The molecule has 0 amide bonds. The van der Waals surface area contributed by atoms with Crippen molar-refractivity contribution in [3.63, 3.8) is 0 Å². The van der Waals surface area contributed by atoms with Gasteiger partial charge in [-0.05, 0) is 17.5 Å². The topological polar surface area (TPSA) is 42.9 Å². The van der Waals surface area contributed by atoms with E-state index in [1.54, 1.807) is 12.4 Å². The van der Waals surface area contributed by atoms with Crippen LogP contribution in [0.15, 0.2) is 18.5 Å². The van der Waals surface area contributed by atoms with Crippen LogP contribution in [0, 0.1) is 5.92 Å². The first-order valence-electron chi connectivity index (χ1n) is 4.45. The Bertz CT molecular complexity index is 270. The van der Waals surface area contributed by atoms with Crippen LogP contribution >= 0.6 is 0 Å². The molecule has 0 fully saturated rings. The summed E-state index contributed by atoms with van der Waals surface area (Å²) in [5, 5.41) is 7.37. The molecule has 1 aromatic rings. The van der Waals surface area contributed by atoms with Gasteiger partial charge in [0, 0.05) is 19.0 Å². The Morgan fingerprint density at radius 3 is 2.77 bits per heavy atom. The highest BCUT2D eigenvalue weighted by molar-refractivity contribution is 5.80. The molecule has 1 rings (SSSR count). The summed E-state index contributed by atoms with van der Waals surface area (Å²) in [5.74, 6) is 0.699. The molecular weight excluding hydrogens is 164 g/mol. The SMILES string of the molecule is CC(C)CC(=O)Cc1ccnnc1. The lowest BCUT2D eigenvalue weighted by molar-refractivity contribution is -0.119. The number of Topliss-reactive ketones (excluding diaryl/α,β-unsaturated/α-hetero) is 1. The van der Waals surface area contributed by atoms with Gasteiger partial charge in [-0.15, -0.1) is 0 Å². The number of carbonyl (C=O) groups excluding carboxylic acids is 1. The Kier molecular flexibility index (Phi) is 3.55. The fraction of sp³-hybridized carbons (Fsp3) is 0.500. The molecule has 3 heteroatoms. The molecule has 0 N–H and O–H groups in total. The number of nitrogens with zero attached hydrogens (tertiary/aromatic N) is 2. The second-order valence-electron chi connectivity index (χ2n) is 3.56. The maximum absolute atomic E-state index is 11.4. The Morgan fingerprint density at radius 2 is 2.23 bits per heavy atom. The average molecular weight is 178 g/mol. The summed E-state index contributed by atoms with van der Waals surface area (Å²) < 4.78 is 0. The van der Waals surface area contributed by atoms with Crippen LogP contribution in [0.25, 0.3) is 0 Å². The van der Waals surface area contributed by atoms with Crippen molar-refractivity contribution in [2.75, 3.05) is 0 Å². The van der Waals surface area contributed by atoms with Crippen LogP contribution in [0.2, 0.25) is 0 Å². The molecule has 0 aliphatic carbocycles. The first-order valence-corrected chi connectivity index (χ1v) is 4.45. The maximum Gasteiger partial charge on any atom is 0.137 e. The lowest BCUT2D eigenvalue weighted by Crippen LogP contribution is -2.06. The van der Waals surface area contributed by atoms with Crippen molar-refractivity contribution in [1.29, 1.82) is 0 Å². The van der Waals surface area contributed by atoms with E-state index in [0.717, 1.165) is 5.56 Å². The van der Waals surface area contributed by atoms with Crippen molar-refractivity contribution in [3.05, 3.63) is 24.0 Å². The highest BCUT2D eigenvalue weighted by Crippen LogP contribution is 2.04. The molecular formula is C10H14N2O. The zero-order valence-electron chi connectivity index (χ0n) is 8.03. The summed E-state index contributed by atoms with van der Waals surface area (Å²) in [6.07, 6.45) is 4.37. The first-order chi connectivity index (χ1) is 6.18. The fourth-order valence-electron chi connectivity index (χ4n) is 1.18. The molecule has 1 heterocycles. The van der Waals surface area contributed by atoms with Gasteiger partial charge in [0.1, 0.15) is 5.78 Å². The molecule has 0 aromatic carbocycles. The van der Waals surface area contributed by atoms with Gasteiger partial charge in [-0.3, -0.25) is 4.79 Å². The van der Waals surface area contributed by atoms with E-state index < -0.39 is 0 Å². The van der Waals surface area contributed by atoms with E-state index in [4.69, 9.17) is 0 Å². The number of aromatic nitrogens is 2. The van der Waals surface area contributed by atoms with Gasteiger partial charge in [-0.25, -0.2) is 0 Å². The molecule has 3 nitrogen and oxygen atoms in total. The van der Waals surface area contributed by atoms with E-state index in [2.05, 4.69) is 10.2 Å². The van der Waals surface area contributed by atoms with Crippen LogP contribution in [-0.4, -0.2) is 16.0 Å². The summed E-state index contributed by atoms with van der Waals surface area (Å²) in [6, 6.07) is 1.82. The third kappa shape index (κ3) is 3.78. The van der Waals surface area contributed by atoms with E-state index in [9.17, 15) is 4.79 Å². The molecule has 13 heavy (non-hydrogen) atoms. The lowest BCUT2D eigenvalue weighted by atomic mass is 10.0. The normalized spacial score (nSPS) is 10.4. The molecule has 0 atom stereocenters. The summed E-state index contributed by atoms with van der Waals surface area (Å²) in [7, 11) is 0. The predicted octanol–water partition coefficient (Wildman–Crippen LogP) is 1.63. The van der Waals surface area contributed by atoms with E-state index in [0.29, 0.717) is 18.8 Å². The van der Waals surface area contributed by atoms with Crippen molar-refractivity contribution < 1.29 is 4.79 Å². The zero-order valence-corrected chi connectivity index (χ0v) is 8.03. The van der Waals surface area contributed by atoms with Crippen LogP contribution in [0.3, 0.4) is 0 Å². The molecule has 0 radical (unpaired) electrons. The molecule has 1 aromatic heterocycles. The molecule has 0 aliphatic rings. The van der Waals surface area contributed by atoms with Crippen LogP contribution in [-0.2, 0) is 11.2 Å². The molecule has 0 saturated heterocycles. The molecule has 0 saturated carbocycles. The minimum absolute atomic E-state index is 0.267. The third-order valence-corrected chi connectivity index (χ3v) is 1.68. The quantitative estimate of drug-likeness (QED) is 0.703. The predicted molar refractivity (Wildman–Crippen MR) is 50.2 cm³/mol. The van der Waals surface area contributed by atoms with Gasteiger partial charge in [0.15, 0.2) is 0 Å². The number of ketones is 1. The fourth-order valence-corrected chi connectivity index (χ4v) is 1.18.